The van der Waals surface area contributed by atoms with Gasteiger partial charge in [-0.2, -0.15) is 0 Å². The third-order valence-electron chi connectivity index (χ3n) is 4.79. The van der Waals surface area contributed by atoms with Crippen LogP contribution < -0.4 is 20.3 Å². The summed E-state index contributed by atoms with van der Waals surface area (Å²) < 4.78 is 10.8. The minimum Gasteiger partial charge on any atom is -0.495 e. The van der Waals surface area contributed by atoms with Gasteiger partial charge in [0.25, 0.3) is 0 Å². The zero-order valence-corrected chi connectivity index (χ0v) is 16.7. The van der Waals surface area contributed by atoms with E-state index in [4.69, 9.17) is 9.47 Å². The van der Waals surface area contributed by atoms with Gasteiger partial charge in [-0.3, -0.25) is 14.9 Å². The summed E-state index contributed by atoms with van der Waals surface area (Å²) >= 11 is 0. The fourth-order valence-corrected chi connectivity index (χ4v) is 3.42. The van der Waals surface area contributed by atoms with Crippen molar-refractivity contribution >= 4 is 23.6 Å². The number of ether oxygens (including phenoxy) is 2. The topological polar surface area (TPSA) is 97.0 Å². The number of alkyl carbamates (subject to hydrolysis) is 1. The third-order valence-corrected chi connectivity index (χ3v) is 4.79. The van der Waals surface area contributed by atoms with Gasteiger partial charge in [-0.05, 0) is 44.9 Å². The van der Waals surface area contributed by atoms with Crippen LogP contribution in [0.3, 0.4) is 0 Å². The van der Waals surface area contributed by atoms with Gasteiger partial charge >= 0.3 is 6.09 Å². The molecule has 2 aliphatic rings. The Morgan fingerprint density at radius 3 is 2.57 bits per heavy atom. The molecule has 3 amide bonds. The summed E-state index contributed by atoms with van der Waals surface area (Å²) in [6.45, 7) is 6.78. The predicted octanol–water partition coefficient (Wildman–Crippen LogP) is 1.93. The van der Waals surface area contributed by atoms with Crippen LogP contribution in [0, 0.1) is 0 Å². The van der Waals surface area contributed by atoms with Gasteiger partial charge in [-0.1, -0.05) is 6.07 Å². The van der Waals surface area contributed by atoms with Gasteiger partial charge in [-0.15, -0.1) is 0 Å². The Morgan fingerprint density at radius 2 is 1.96 bits per heavy atom. The van der Waals surface area contributed by atoms with Crippen molar-refractivity contribution in [3.05, 3.63) is 23.8 Å². The van der Waals surface area contributed by atoms with E-state index in [1.807, 2.05) is 39.0 Å². The molecule has 2 aliphatic heterocycles. The first kappa shape index (κ1) is 20.0. The Labute approximate surface area is 164 Å². The highest BCUT2D eigenvalue weighted by Gasteiger charge is 2.33. The number of piperidine rings is 1. The highest BCUT2D eigenvalue weighted by molar-refractivity contribution is 6.01. The molecule has 152 valence electrons. The van der Waals surface area contributed by atoms with Crippen LogP contribution in [-0.4, -0.2) is 49.7 Å². The van der Waals surface area contributed by atoms with Gasteiger partial charge in [0.05, 0.1) is 24.8 Å². The summed E-state index contributed by atoms with van der Waals surface area (Å²) in [6, 6.07) is 5.67. The standard InChI is InChI=1S/C20H27N3O5/c1-20(2,3)28-19(26)21-13-10-23(11-13)15-7-5-12(9-16(15)27-4)14-6-8-17(24)22-18(14)25/h5,7,9,13-14H,6,8,10-11H2,1-4H3,(H,21,26)(H,22,24,25). The van der Waals surface area contributed by atoms with Crippen molar-refractivity contribution in [2.75, 3.05) is 25.1 Å². The number of benzene rings is 1. The van der Waals surface area contributed by atoms with Crippen LogP contribution in [0.2, 0.25) is 0 Å². The van der Waals surface area contributed by atoms with Crippen molar-refractivity contribution in [2.24, 2.45) is 0 Å². The zero-order chi connectivity index (χ0) is 20.5. The molecule has 0 aliphatic carbocycles. The molecule has 0 radical (unpaired) electrons. The average Bonchev–Trinajstić information content (AvgIpc) is 2.56. The van der Waals surface area contributed by atoms with Crippen molar-refractivity contribution in [2.45, 2.75) is 51.2 Å². The molecule has 1 aromatic rings. The van der Waals surface area contributed by atoms with E-state index >= 15 is 0 Å². The van der Waals surface area contributed by atoms with Gasteiger partial charge in [-0.25, -0.2) is 4.79 Å². The summed E-state index contributed by atoms with van der Waals surface area (Å²) in [5.41, 5.74) is 1.21. The highest BCUT2D eigenvalue weighted by atomic mass is 16.6. The van der Waals surface area contributed by atoms with Crippen molar-refractivity contribution in [3.8, 4) is 5.75 Å². The number of amides is 3. The molecule has 1 aromatic carbocycles. The summed E-state index contributed by atoms with van der Waals surface area (Å²) in [7, 11) is 1.59. The number of imide groups is 1. The minimum atomic E-state index is -0.525. The molecule has 0 saturated carbocycles. The maximum atomic E-state index is 12.1. The normalized spacial score (nSPS) is 20.3. The van der Waals surface area contributed by atoms with E-state index in [0.717, 1.165) is 11.3 Å². The van der Waals surface area contributed by atoms with E-state index in [1.165, 1.54) is 0 Å². The van der Waals surface area contributed by atoms with Crippen LogP contribution in [0.1, 0.15) is 45.1 Å². The fraction of sp³-hybridized carbons (Fsp3) is 0.550. The first-order chi connectivity index (χ1) is 13.2. The third kappa shape index (κ3) is 4.55. The molecule has 1 unspecified atom stereocenters. The molecule has 0 spiro atoms. The molecule has 2 N–H and O–H groups in total. The number of carbonyl (C=O) groups excluding carboxylic acids is 3. The number of nitrogens with zero attached hydrogens (tertiary/aromatic N) is 1. The van der Waals surface area contributed by atoms with Gasteiger partial charge in [0, 0.05) is 19.5 Å². The highest BCUT2D eigenvalue weighted by Crippen LogP contribution is 2.36. The lowest BCUT2D eigenvalue weighted by Gasteiger charge is -2.42. The first-order valence-electron chi connectivity index (χ1n) is 9.42. The van der Waals surface area contributed by atoms with E-state index in [1.54, 1.807) is 7.11 Å². The molecule has 3 rings (SSSR count). The second-order valence-electron chi connectivity index (χ2n) is 8.18. The Hall–Kier alpha value is -2.77. The molecule has 2 fully saturated rings. The van der Waals surface area contributed by atoms with Crippen molar-refractivity contribution in [1.29, 1.82) is 0 Å². The average molecular weight is 389 g/mol. The van der Waals surface area contributed by atoms with E-state index in [9.17, 15) is 14.4 Å². The predicted molar refractivity (Wildman–Crippen MR) is 103 cm³/mol. The summed E-state index contributed by atoms with van der Waals surface area (Å²) in [5.74, 6) is -0.179. The van der Waals surface area contributed by atoms with E-state index in [2.05, 4.69) is 15.5 Å². The maximum Gasteiger partial charge on any atom is 0.407 e. The largest absolute Gasteiger partial charge is 0.495 e. The minimum absolute atomic E-state index is 0.00867. The molecule has 2 saturated heterocycles. The van der Waals surface area contributed by atoms with Crippen LogP contribution in [0.15, 0.2) is 18.2 Å². The van der Waals surface area contributed by atoms with Crippen LogP contribution in [0.5, 0.6) is 5.75 Å². The maximum absolute atomic E-state index is 12.1. The molecule has 28 heavy (non-hydrogen) atoms. The second-order valence-corrected chi connectivity index (χ2v) is 8.18. The molecule has 0 aromatic heterocycles. The summed E-state index contributed by atoms with van der Waals surface area (Å²) in [4.78, 5) is 37.4. The van der Waals surface area contributed by atoms with Gasteiger partial charge in [0.2, 0.25) is 11.8 Å². The van der Waals surface area contributed by atoms with Crippen LogP contribution in [0.25, 0.3) is 0 Å². The number of methoxy groups -OCH3 is 1. The Kier molecular flexibility index (Phi) is 5.49. The SMILES string of the molecule is COc1cc(C2CCC(=O)NC2=O)ccc1N1CC(NC(=O)OC(C)(C)C)C1. The molecule has 8 nitrogen and oxygen atoms in total. The van der Waals surface area contributed by atoms with Crippen LogP contribution in [0.4, 0.5) is 10.5 Å². The number of anilines is 1. The van der Waals surface area contributed by atoms with Crippen molar-refractivity contribution < 1.29 is 23.9 Å². The molecular formula is C20H27N3O5. The van der Waals surface area contributed by atoms with Crippen molar-refractivity contribution in [3.63, 3.8) is 0 Å². The lowest BCUT2D eigenvalue weighted by Crippen LogP contribution is -2.60. The second kappa shape index (κ2) is 7.69. The number of hydrogen-bond donors (Lipinski definition) is 2. The molecular weight excluding hydrogens is 362 g/mol. The van der Waals surface area contributed by atoms with E-state index in [-0.39, 0.29) is 23.8 Å². The lowest BCUT2D eigenvalue weighted by molar-refractivity contribution is -0.134. The monoisotopic (exact) mass is 389 g/mol. The lowest BCUT2D eigenvalue weighted by atomic mass is 9.90. The smallest absolute Gasteiger partial charge is 0.407 e. The Bertz CT molecular complexity index is 781. The van der Waals surface area contributed by atoms with Gasteiger partial charge < -0.3 is 19.7 Å². The number of hydrogen-bond acceptors (Lipinski definition) is 6. The van der Waals surface area contributed by atoms with E-state index in [0.29, 0.717) is 31.7 Å². The fourth-order valence-electron chi connectivity index (χ4n) is 3.42. The molecule has 1 atom stereocenters. The molecule has 2 heterocycles. The number of nitrogens with one attached hydrogen (secondary N) is 2. The zero-order valence-electron chi connectivity index (χ0n) is 16.7. The first-order valence-corrected chi connectivity index (χ1v) is 9.42. The molecule has 0 bridgehead atoms. The Balaban J connectivity index is 1.62. The van der Waals surface area contributed by atoms with Crippen molar-refractivity contribution in [1.82, 2.24) is 10.6 Å². The van der Waals surface area contributed by atoms with Gasteiger partial charge in [0.15, 0.2) is 0 Å². The Morgan fingerprint density at radius 1 is 1.25 bits per heavy atom. The van der Waals surface area contributed by atoms with Gasteiger partial charge in [0.1, 0.15) is 11.4 Å². The summed E-state index contributed by atoms with van der Waals surface area (Å²) in [6.07, 6.45) is 0.418. The summed E-state index contributed by atoms with van der Waals surface area (Å²) in [5, 5.41) is 5.24. The van der Waals surface area contributed by atoms with E-state index < -0.39 is 11.7 Å². The quantitative estimate of drug-likeness (QED) is 0.764. The van der Waals surface area contributed by atoms with Crippen LogP contribution >= 0.6 is 0 Å². The van der Waals surface area contributed by atoms with Crippen LogP contribution in [-0.2, 0) is 14.3 Å². The molecule has 8 heteroatoms. The number of carbonyl (C=O) groups is 3. The number of rotatable bonds is 4.